The van der Waals surface area contributed by atoms with E-state index in [2.05, 4.69) is 86.6 Å². The first-order valence-corrected chi connectivity index (χ1v) is 12.1. The number of hydrogen-bond donors (Lipinski definition) is 0. The maximum atomic E-state index is 2.42. The monoisotopic (exact) mass is 406 g/mol. The lowest BCUT2D eigenvalue weighted by Gasteiger charge is -2.09. The van der Waals surface area contributed by atoms with Crippen LogP contribution in [0.5, 0.6) is 0 Å². The molecule has 0 aliphatic rings. The lowest BCUT2D eigenvalue weighted by atomic mass is 10.0. The molecule has 0 radical (unpaired) electrons. The molecule has 4 aromatic rings. The topological polar surface area (TPSA) is 0 Å². The molecule has 1 aromatic heterocycles. The Morgan fingerprint density at radius 3 is 1.41 bits per heavy atom. The molecule has 0 nitrogen and oxygen atoms in total. The van der Waals surface area contributed by atoms with E-state index >= 15 is 0 Å². The van der Waals surface area contributed by atoms with Crippen molar-refractivity contribution in [3.8, 4) is 20.9 Å². The van der Waals surface area contributed by atoms with Crippen molar-refractivity contribution in [2.24, 2.45) is 0 Å². The van der Waals surface area contributed by atoms with Crippen LogP contribution in [0.25, 0.3) is 31.7 Å². The zero-order chi connectivity index (χ0) is 18.6. The molecule has 1 heterocycles. The predicted molar refractivity (Wildman–Crippen MR) is 125 cm³/mol. The molecule has 3 aromatic carbocycles. The van der Waals surface area contributed by atoms with Crippen LogP contribution in [-0.2, 0) is 0 Å². The van der Waals surface area contributed by atoms with E-state index in [1.165, 1.54) is 41.4 Å². The average molecular weight is 407 g/mol. The molecule has 0 saturated heterocycles. The van der Waals surface area contributed by atoms with Gasteiger partial charge in [-0.1, -0.05) is 74.5 Å². The zero-order valence-corrected chi connectivity index (χ0v) is 18.0. The fraction of sp³-hybridized carbons (Fsp3) is 0.167. The van der Waals surface area contributed by atoms with E-state index < -0.39 is 0 Å². The van der Waals surface area contributed by atoms with Gasteiger partial charge in [0.25, 0.3) is 0 Å². The summed E-state index contributed by atoms with van der Waals surface area (Å²) in [5.74, 6) is 2.19. The quantitative estimate of drug-likeness (QED) is 0.294. The van der Waals surface area contributed by atoms with Crippen LogP contribution in [-0.4, -0.2) is 11.5 Å². The van der Waals surface area contributed by atoms with E-state index in [-0.39, 0.29) is 0 Å². The summed E-state index contributed by atoms with van der Waals surface area (Å²) in [6.07, 6.45) is 0. The third-order valence-corrected chi connectivity index (χ3v) is 7.77. The first-order valence-electron chi connectivity index (χ1n) is 9.28. The van der Waals surface area contributed by atoms with Crippen LogP contribution in [0.15, 0.2) is 82.6 Å². The molecule has 0 atom stereocenters. The molecule has 0 bridgehead atoms. The van der Waals surface area contributed by atoms with Gasteiger partial charge in [0.1, 0.15) is 0 Å². The van der Waals surface area contributed by atoms with Crippen molar-refractivity contribution in [1.82, 2.24) is 0 Å². The van der Waals surface area contributed by atoms with Crippen molar-refractivity contribution in [3.05, 3.63) is 72.8 Å². The van der Waals surface area contributed by atoms with Crippen LogP contribution < -0.4 is 0 Å². The van der Waals surface area contributed by atoms with Crippen molar-refractivity contribution in [3.63, 3.8) is 0 Å². The molecule has 0 N–H and O–H groups in total. The van der Waals surface area contributed by atoms with Crippen LogP contribution in [0.2, 0.25) is 0 Å². The van der Waals surface area contributed by atoms with Crippen molar-refractivity contribution in [1.29, 1.82) is 0 Å². The Balaban J connectivity index is 2.01. The lowest BCUT2D eigenvalue weighted by molar-refractivity contribution is 1.27. The molecule has 3 heteroatoms. The van der Waals surface area contributed by atoms with Gasteiger partial charge in [0.15, 0.2) is 0 Å². The fourth-order valence-corrected chi connectivity index (χ4v) is 6.34. The van der Waals surface area contributed by atoms with Gasteiger partial charge >= 0.3 is 0 Å². The highest BCUT2D eigenvalue weighted by Crippen LogP contribution is 2.47. The van der Waals surface area contributed by atoms with Gasteiger partial charge in [-0.15, -0.1) is 34.9 Å². The SMILES string of the molecule is CCSc1cc2c(-c3ccccc3)sc(-c3ccccc3)c2cc1SCC. The maximum absolute atomic E-state index is 2.42. The van der Waals surface area contributed by atoms with E-state index in [1.54, 1.807) is 0 Å². The van der Waals surface area contributed by atoms with Crippen molar-refractivity contribution in [2.45, 2.75) is 23.6 Å². The minimum absolute atomic E-state index is 1.10. The van der Waals surface area contributed by atoms with Crippen LogP contribution in [0, 0.1) is 0 Å². The smallest absolute Gasteiger partial charge is 0.0428 e. The van der Waals surface area contributed by atoms with Gasteiger partial charge in [0.05, 0.1) is 0 Å². The summed E-state index contributed by atoms with van der Waals surface area (Å²) in [4.78, 5) is 5.56. The van der Waals surface area contributed by atoms with Gasteiger partial charge in [-0.05, 0) is 34.8 Å². The largest absolute Gasteiger partial charge is 0.134 e. The number of benzene rings is 3. The summed E-state index contributed by atoms with van der Waals surface area (Å²) in [6, 6.07) is 26.4. The molecular formula is C24H22S3. The standard InChI is InChI=1S/C24H22S3/c1-3-25-21-15-19-20(16-22(21)26-4-2)24(18-13-9-6-10-14-18)27-23(19)17-11-7-5-8-12-17/h5-16H,3-4H2,1-2H3. The summed E-state index contributed by atoms with van der Waals surface area (Å²) in [6.45, 7) is 4.47. The van der Waals surface area contributed by atoms with Gasteiger partial charge in [0.2, 0.25) is 0 Å². The third kappa shape index (κ3) is 3.82. The van der Waals surface area contributed by atoms with Gasteiger partial charge in [-0.2, -0.15) is 0 Å². The second-order valence-corrected chi connectivity index (χ2v) is 9.84. The summed E-state index contributed by atoms with van der Waals surface area (Å²) >= 11 is 5.81. The highest BCUT2D eigenvalue weighted by molar-refractivity contribution is 8.02. The minimum Gasteiger partial charge on any atom is -0.134 e. The first kappa shape index (κ1) is 18.7. The average Bonchev–Trinajstić information content (AvgIpc) is 3.08. The highest BCUT2D eigenvalue weighted by Gasteiger charge is 2.17. The molecule has 4 rings (SSSR count). The minimum atomic E-state index is 1.10. The molecule has 136 valence electrons. The molecule has 0 saturated carbocycles. The Hall–Kier alpha value is -1.68. The van der Waals surface area contributed by atoms with E-state index in [0.29, 0.717) is 0 Å². The maximum Gasteiger partial charge on any atom is 0.0428 e. The number of fused-ring (bicyclic) bond motifs is 1. The molecular weight excluding hydrogens is 384 g/mol. The molecule has 0 spiro atoms. The predicted octanol–water partition coefficient (Wildman–Crippen LogP) is 8.46. The van der Waals surface area contributed by atoms with Gasteiger partial charge in [-0.25, -0.2) is 0 Å². The van der Waals surface area contributed by atoms with Gasteiger partial charge in [0, 0.05) is 30.3 Å². The first-order chi connectivity index (χ1) is 13.3. The van der Waals surface area contributed by atoms with Crippen LogP contribution in [0.3, 0.4) is 0 Å². The molecule has 0 aliphatic carbocycles. The third-order valence-electron chi connectivity index (χ3n) is 4.45. The number of thioether (sulfide) groups is 2. The summed E-state index contributed by atoms with van der Waals surface area (Å²) in [5.41, 5.74) is 2.61. The van der Waals surface area contributed by atoms with E-state index in [1.807, 2.05) is 34.9 Å². The summed E-state index contributed by atoms with van der Waals surface area (Å²) in [5, 5.41) is 2.75. The second kappa shape index (κ2) is 8.55. The molecule has 0 unspecified atom stereocenters. The normalized spacial score (nSPS) is 11.2. The van der Waals surface area contributed by atoms with Crippen molar-refractivity contribution < 1.29 is 0 Å². The van der Waals surface area contributed by atoms with Gasteiger partial charge in [-0.3, -0.25) is 0 Å². The van der Waals surface area contributed by atoms with Gasteiger partial charge < -0.3 is 0 Å². The van der Waals surface area contributed by atoms with E-state index in [0.717, 1.165) is 11.5 Å². The zero-order valence-electron chi connectivity index (χ0n) is 15.6. The highest BCUT2D eigenvalue weighted by atomic mass is 32.2. The number of hydrogen-bond acceptors (Lipinski definition) is 3. The Morgan fingerprint density at radius 2 is 1.04 bits per heavy atom. The Kier molecular flexibility index (Phi) is 5.92. The number of rotatable bonds is 6. The van der Waals surface area contributed by atoms with Crippen molar-refractivity contribution >= 4 is 45.6 Å². The second-order valence-electron chi connectivity index (χ2n) is 6.20. The molecule has 27 heavy (non-hydrogen) atoms. The Morgan fingerprint density at radius 1 is 0.630 bits per heavy atom. The molecule has 0 amide bonds. The van der Waals surface area contributed by atoms with E-state index in [9.17, 15) is 0 Å². The summed E-state index contributed by atoms with van der Waals surface area (Å²) in [7, 11) is 0. The van der Waals surface area contributed by atoms with Crippen LogP contribution in [0.1, 0.15) is 13.8 Å². The van der Waals surface area contributed by atoms with Crippen LogP contribution in [0.4, 0.5) is 0 Å². The Labute approximate surface area is 174 Å². The lowest BCUT2D eigenvalue weighted by Crippen LogP contribution is -1.83. The number of thiophene rings is 1. The molecule has 0 fully saturated rings. The summed E-state index contributed by atoms with van der Waals surface area (Å²) < 4.78 is 0. The Bertz CT molecular complexity index is 950. The van der Waals surface area contributed by atoms with Crippen LogP contribution >= 0.6 is 34.9 Å². The van der Waals surface area contributed by atoms with E-state index in [4.69, 9.17) is 0 Å². The fourth-order valence-electron chi connectivity index (χ4n) is 3.29. The van der Waals surface area contributed by atoms with Crippen molar-refractivity contribution in [2.75, 3.05) is 11.5 Å². The molecule has 0 aliphatic heterocycles.